The van der Waals surface area contributed by atoms with Gasteiger partial charge in [-0.1, -0.05) is 97.1 Å². The highest BCUT2D eigenvalue weighted by Gasteiger charge is 2.76. The minimum absolute atomic E-state index is 0.269. The number of hydrogen-bond donors (Lipinski definition) is 1. The van der Waals surface area contributed by atoms with Gasteiger partial charge in [0, 0.05) is 5.92 Å². The summed E-state index contributed by atoms with van der Waals surface area (Å²) in [4.78, 5) is 0. The molecule has 0 radical (unpaired) electrons. The summed E-state index contributed by atoms with van der Waals surface area (Å²) < 4.78 is 0. The molecular weight excluding hydrogens is 352 g/mol. The third-order valence-electron chi connectivity index (χ3n) is 7.95. The summed E-state index contributed by atoms with van der Waals surface area (Å²) in [6.07, 6.45) is 0. The second-order valence-electron chi connectivity index (χ2n) is 9.02. The van der Waals surface area contributed by atoms with Crippen molar-refractivity contribution in [2.24, 2.45) is 17.8 Å². The summed E-state index contributed by atoms with van der Waals surface area (Å²) in [7, 11) is 0. The van der Waals surface area contributed by atoms with Crippen LogP contribution in [-0.2, 0) is 5.60 Å². The Bertz CT molecular complexity index is 1150. The Labute approximate surface area is 170 Å². The molecule has 5 atom stereocenters. The molecule has 29 heavy (non-hydrogen) atoms. The normalized spacial score (nSPS) is 28.5. The van der Waals surface area contributed by atoms with E-state index in [9.17, 15) is 5.11 Å². The summed E-state index contributed by atoms with van der Waals surface area (Å²) in [5.41, 5.74) is 4.14. The summed E-state index contributed by atoms with van der Waals surface area (Å²) >= 11 is 0. The molecule has 140 valence electrons. The van der Waals surface area contributed by atoms with E-state index in [2.05, 4.69) is 60.7 Å². The van der Waals surface area contributed by atoms with Crippen LogP contribution in [0.15, 0.2) is 97.1 Å². The maximum absolute atomic E-state index is 12.3. The van der Waals surface area contributed by atoms with E-state index in [4.69, 9.17) is 0 Å². The van der Waals surface area contributed by atoms with Crippen molar-refractivity contribution < 1.29 is 5.11 Å². The van der Waals surface area contributed by atoms with E-state index in [1.165, 1.54) is 21.9 Å². The van der Waals surface area contributed by atoms with Gasteiger partial charge in [0.05, 0.1) is 0 Å². The topological polar surface area (TPSA) is 20.2 Å². The van der Waals surface area contributed by atoms with Gasteiger partial charge in [-0.2, -0.15) is 0 Å². The minimum Gasteiger partial charge on any atom is -0.380 e. The van der Waals surface area contributed by atoms with Gasteiger partial charge in [-0.15, -0.1) is 0 Å². The van der Waals surface area contributed by atoms with Crippen molar-refractivity contribution in [3.8, 4) is 0 Å². The molecule has 1 heteroatoms. The molecular formula is C28H22O. The van der Waals surface area contributed by atoms with Gasteiger partial charge in [0.15, 0.2) is 0 Å². The van der Waals surface area contributed by atoms with Crippen LogP contribution in [0.1, 0.15) is 34.1 Å². The third-order valence-corrected chi connectivity index (χ3v) is 7.95. The van der Waals surface area contributed by atoms with Crippen molar-refractivity contribution in [2.45, 2.75) is 17.4 Å². The van der Waals surface area contributed by atoms with Crippen molar-refractivity contribution in [3.05, 3.63) is 119 Å². The van der Waals surface area contributed by atoms with E-state index in [1.54, 1.807) is 0 Å². The number of hydrogen-bond acceptors (Lipinski definition) is 1. The molecule has 1 unspecified atom stereocenters. The Morgan fingerprint density at radius 2 is 1.03 bits per heavy atom. The minimum atomic E-state index is -0.926. The zero-order chi connectivity index (χ0) is 19.2. The van der Waals surface area contributed by atoms with Crippen molar-refractivity contribution in [2.75, 3.05) is 0 Å². The van der Waals surface area contributed by atoms with Gasteiger partial charge in [0.2, 0.25) is 0 Å². The molecule has 0 saturated heterocycles. The van der Waals surface area contributed by atoms with E-state index in [0.29, 0.717) is 23.7 Å². The molecule has 4 aromatic rings. The molecule has 0 aromatic heterocycles. The van der Waals surface area contributed by atoms with Crippen LogP contribution in [0.4, 0.5) is 0 Å². The Morgan fingerprint density at radius 1 is 0.552 bits per heavy atom. The Balaban J connectivity index is 1.37. The van der Waals surface area contributed by atoms with Gasteiger partial charge in [0.25, 0.3) is 0 Å². The molecule has 3 aliphatic carbocycles. The number of rotatable bonds is 3. The highest BCUT2D eigenvalue weighted by molar-refractivity contribution is 5.93. The monoisotopic (exact) mass is 374 g/mol. The maximum atomic E-state index is 12.3. The Kier molecular flexibility index (Phi) is 2.96. The van der Waals surface area contributed by atoms with Gasteiger partial charge in [-0.25, -0.2) is 0 Å². The van der Waals surface area contributed by atoms with Crippen LogP contribution in [0.25, 0.3) is 10.8 Å². The Hall–Kier alpha value is -2.90. The van der Waals surface area contributed by atoms with Crippen LogP contribution in [0, 0.1) is 17.8 Å². The van der Waals surface area contributed by atoms with E-state index in [0.717, 1.165) is 11.1 Å². The van der Waals surface area contributed by atoms with Crippen molar-refractivity contribution in [1.82, 2.24) is 0 Å². The van der Waals surface area contributed by atoms with E-state index in [1.807, 2.05) is 36.4 Å². The quantitative estimate of drug-likeness (QED) is 0.478. The Morgan fingerprint density at radius 3 is 1.52 bits per heavy atom. The molecule has 1 N–H and O–H groups in total. The third kappa shape index (κ3) is 1.85. The van der Waals surface area contributed by atoms with Gasteiger partial charge in [-0.3, -0.25) is 0 Å². The van der Waals surface area contributed by atoms with Crippen LogP contribution in [0.5, 0.6) is 0 Å². The molecule has 1 nitrogen and oxygen atoms in total. The lowest BCUT2D eigenvalue weighted by molar-refractivity contribution is 0.0495. The molecule has 0 amide bonds. The molecule has 0 heterocycles. The predicted molar refractivity (Wildman–Crippen MR) is 116 cm³/mol. The SMILES string of the molecule is OC(c1ccccc1)(c1ccccc1)C1[C@@H]2[C@@H]3c4cccc5cccc(c45)[C@@H]3[C@H]12. The number of benzene rings is 4. The average Bonchev–Trinajstić information content (AvgIpc) is 3.33. The van der Waals surface area contributed by atoms with Crippen LogP contribution in [0.2, 0.25) is 0 Å². The molecule has 2 fully saturated rings. The summed E-state index contributed by atoms with van der Waals surface area (Å²) in [5.74, 6) is 2.51. The van der Waals surface area contributed by atoms with Crippen LogP contribution in [0.3, 0.4) is 0 Å². The predicted octanol–water partition coefficient (Wildman–Crippen LogP) is 5.83. The van der Waals surface area contributed by atoms with Gasteiger partial charge in [-0.05, 0) is 56.7 Å². The first kappa shape index (κ1) is 16.0. The van der Waals surface area contributed by atoms with Crippen LogP contribution >= 0.6 is 0 Å². The standard InChI is InChI=1S/C28H22O/c29-28(18-11-3-1-4-12-18,19-13-5-2-6-14-19)27-25-23-20-15-7-9-17-10-8-16-21(22(17)20)24(23)26(25)27/h1-16,23-27,29H/t23-,24+,25-,26+,27?. The van der Waals surface area contributed by atoms with Crippen molar-refractivity contribution in [1.29, 1.82) is 0 Å². The number of aliphatic hydroxyl groups is 1. The zero-order valence-corrected chi connectivity index (χ0v) is 16.1. The number of fused-ring (bicyclic) bond motifs is 6. The fourth-order valence-corrected chi connectivity index (χ4v) is 6.87. The van der Waals surface area contributed by atoms with E-state index < -0.39 is 5.60 Å². The lowest BCUT2D eigenvalue weighted by Crippen LogP contribution is -2.31. The van der Waals surface area contributed by atoms with Gasteiger partial charge >= 0.3 is 0 Å². The van der Waals surface area contributed by atoms with E-state index in [-0.39, 0.29) is 5.92 Å². The lowest BCUT2D eigenvalue weighted by atomic mass is 9.72. The highest BCUT2D eigenvalue weighted by atomic mass is 16.3. The zero-order valence-electron chi connectivity index (χ0n) is 16.1. The second kappa shape index (κ2) is 5.37. The second-order valence-corrected chi connectivity index (χ2v) is 9.02. The largest absolute Gasteiger partial charge is 0.380 e. The van der Waals surface area contributed by atoms with E-state index >= 15 is 0 Å². The summed E-state index contributed by atoms with van der Waals surface area (Å²) in [5, 5.41) is 15.1. The van der Waals surface area contributed by atoms with Gasteiger partial charge in [0.1, 0.15) is 5.60 Å². The van der Waals surface area contributed by atoms with Crippen LogP contribution < -0.4 is 0 Å². The average molecular weight is 374 g/mol. The smallest absolute Gasteiger partial charge is 0.118 e. The fraction of sp³-hybridized carbons (Fsp3) is 0.214. The molecule has 3 aliphatic rings. The lowest BCUT2D eigenvalue weighted by Gasteiger charge is -2.30. The fourth-order valence-electron chi connectivity index (χ4n) is 6.87. The molecule has 4 aromatic carbocycles. The molecule has 0 aliphatic heterocycles. The summed E-state index contributed by atoms with van der Waals surface area (Å²) in [6, 6.07) is 34.1. The maximum Gasteiger partial charge on any atom is 0.118 e. The first-order valence-electron chi connectivity index (χ1n) is 10.6. The highest BCUT2D eigenvalue weighted by Crippen LogP contribution is 2.82. The molecule has 7 rings (SSSR count). The first-order chi connectivity index (χ1) is 14.3. The molecule has 0 spiro atoms. The molecule has 2 saturated carbocycles. The molecule has 0 bridgehead atoms. The van der Waals surface area contributed by atoms with Crippen LogP contribution in [-0.4, -0.2) is 5.11 Å². The first-order valence-corrected chi connectivity index (χ1v) is 10.6. The van der Waals surface area contributed by atoms with Gasteiger partial charge < -0.3 is 5.11 Å². The van der Waals surface area contributed by atoms with Crippen molar-refractivity contribution in [3.63, 3.8) is 0 Å². The summed E-state index contributed by atoms with van der Waals surface area (Å²) in [6.45, 7) is 0. The van der Waals surface area contributed by atoms with Crippen molar-refractivity contribution >= 4 is 10.8 Å².